The minimum atomic E-state index is -3.25. The van der Waals surface area contributed by atoms with Crippen LogP contribution in [0.4, 0.5) is 8.78 Å². The van der Waals surface area contributed by atoms with Crippen LogP contribution >= 0.6 is 0 Å². The third-order valence-corrected chi connectivity index (χ3v) is 5.75. The van der Waals surface area contributed by atoms with E-state index >= 15 is 0 Å². The van der Waals surface area contributed by atoms with Crippen LogP contribution < -0.4 is 0 Å². The van der Waals surface area contributed by atoms with Gasteiger partial charge in [0.15, 0.2) is 5.78 Å². The molecule has 0 N–H and O–H groups in total. The van der Waals surface area contributed by atoms with E-state index < -0.39 is 11.7 Å². The van der Waals surface area contributed by atoms with Crippen molar-refractivity contribution in [3.63, 3.8) is 0 Å². The average Bonchev–Trinajstić information content (AvgIpc) is 3.05. The zero-order valence-electron chi connectivity index (χ0n) is 19.6. The zero-order chi connectivity index (χ0) is 23.3. The molecule has 0 saturated heterocycles. The van der Waals surface area contributed by atoms with Crippen molar-refractivity contribution in [2.75, 3.05) is 0 Å². The molecular weight excluding hydrogens is 402 g/mol. The number of carbonyl (C=O) groups is 3. The number of carbonyl (C=O) groups excluding carboxylic acids is 3. The van der Waals surface area contributed by atoms with Crippen LogP contribution in [0.1, 0.15) is 117 Å². The summed E-state index contributed by atoms with van der Waals surface area (Å²) in [6, 6.07) is 0. The second kappa shape index (κ2) is 14.5. The van der Waals surface area contributed by atoms with Crippen molar-refractivity contribution in [2.45, 2.75) is 129 Å². The fraction of sp³-hybridized carbons (Fsp3) is 0.800. The number of ether oxygens (including phenoxy) is 1. The van der Waals surface area contributed by atoms with Gasteiger partial charge >= 0.3 is 11.9 Å². The fourth-order valence-corrected chi connectivity index (χ4v) is 3.94. The van der Waals surface area contributed by atoms with E-state index in [0.29, 0.717) is 38.5 Å². The first kappa shape index (κ1) is 27.4. The van der Waals surface area contributed by atoms with Crippen molar-refractivity contribution in [1.82, 2.24) is 0 Å². The Hall–Kier alpha value is -1.59. The highest BCUT2D eigenvalue weighted by molar-refractivity contribution is 5.98. The molecule has 0 atom stereocenters. The quantitative estimate of drug-likeness (QED) is 0.182. The summed E-state index contributed by atoms with van der Waals surface area (Å²) in [6.45, 7) is 5.51. The van der Waals surface area contributed by atoms with E-state index in [0.717, 1.165) is 49.7 Å². The predicted octanol–water partition coefficient (Wildman–Crippen LogP) is 6.89. The molecule has 4 nitrogen and oxygen atoms in total. The van der Waals surface area contributed by atoms with Gasteiger partial charge in [0.1, 0.15) is 0 Å². The Morgan fingerprint density at radius 1 is 0.935 bits per heavy atom. The van der Waals surface area contributed by atoms with Gasteiger partial charge in [0.05, 0.1) is 6.10 Å². The van der Waals surface area contributed by atoms with Gasteiger partial charge in [0.2, 0.25) is 5.78 Å². The van der Waals surface area contributed by atoms with E-state index in [1.165, 1.54) is 0 Å². The summed E-state index contributed by atoms with van der Waals surface area (Å²) in [5.74, 6) is -4.27. The first-order valence-corrected chi connectivity index (χ1v) is 12.0. The molecule has 1 rings (SSSR count). The second-order valence-corrected chi connectivity index (χ2v) is 8.90. The minimum Gasteiger partial charge on any atom is -0.463 e. The molecule has 1 aliphatic rings. The highest BCUT2D eigenvalue weighted by Gasteiger charge is 2.37. The predicted molar refractivity (Wildman–Crippen MR) is 118 cm³/mol. The maximum atomic E-state index is 13.9. The number of alkyl halides is 2. The zero-order valence-corrected chi connectivity index (χ0v) is 19.6. The van der Waals surface area contributed by atoms with Crippen LogP contribution in [0, 0.1) is 0 Å². The summed E-state index contributed by atoms with van der Waals surface area (Å²) < 4.78 is 32.8. The molecule has 0 bridgehead atoms. The third-order valence-electron chi connectivity index (χ3n) is 5.75. The normalized spacial score (nSPS) is 14.6. The van der Waals surface area contributed by atoms with Gasteiger partial charge in [-0.3, -0.25) is 14.4 Å². The van der Waals surface area contributed by atoms with Gasteiger partial charge in [0.25, 0.3) is 0 Å². The van der Waals surface area contributed by atoms with Gasteiger partial charge in [-0.1, -0.05) is 44.6 Å². The number of rotatable bonds is 17. The molecule has 0 aromatic rings. The van der Waals surface area contributed by atoms with Crippen LogP contribution in [-0.2, 0) is 19.1 Å². The summed E-state index contributed by atoms with van der Waals surface area (Å²) in [7, 11) is 0. The molecule has 6 heteroatoms. The molecule has 0 aromatic heterocycles. The van der Waals surface area contributed by atoms with Crippen molar-refractivity contribution in [3.05, 3.63) is 11.1 Å². The lowest BCUT2D eigenvalue weighted by atomic mass is 9.96. The Balaban J connectivity index is 2.29. The van der Waals surface area contributed by atoms with Crippen LogP contribution in [0.15, 0.2) is 11.1 Å². The molecule has 0 radical (unpaired) electrons. The number of hydrogen-bond acceptors (Lipinski definition) is 4. The van der Waals surface area contributed by atoms with Gasteiger partial charge in [0, 0.05) is 25.7 Å². The molecule has 31 heavy (non-hydrogen) atoms. The van der Waals surface area contributed by atoms with Crippen molar-refractivity contribution >= 4 is 17.5 Å². The number of esters is 1. The van der Waals surface area contributed by atoms with Crippen molar-refractivity contribution in [1.29, 1.82) is 0 Å². The lowest BCUT2D eigenvalue weighted by molar-refractivity contribution is -0.147. The molecule has 0 aromatic carbocycles. The number of unbranched alkanes of at least 4 members (excludes halogenated alkanes) is 6. The van der Waals surface area contributed by atoms with Crippen molar-refractivity contribution in [3.8, 4) is 0 Å². The molecule has 0 saturated carbocycles. The number of ketones is 2. The smallest absolute Gasteiger partial charge is 0.306 e. The SMILES string of the molecule is CCCCC(F)(F)C(=O)CCC1=C(CCCCCCCCC(=O)OC(C)C)C(=O)CC1. The number of Topliss-reactive ketones (excluding diaryl/α,β-unsaturated/α-hetero) is 2. The first-order valence-electron chi connectivity index (χ1n) is 12.0. The minimum absolute atomic E-state index is 0.0688. The maximum Gasteiger partial charge on any atom is 0.306 e. The van der Waals surface area contributed by atoms with E-state index in [-0.39, 0.29) is 37.1 Å². The van der Waals surface area contributed by atoms with Crippen LogP contribution in [-0.4, -0.2) is 29.6 Å². The highest BCUT2D eigenvalue weighted by atomic mass is 19.3. The summed E-state index contributed by atoms with van der Waals surface area (Å²) >= 11 is 0. The summed E-state index contributed by atoms with van der Waals surface area (Å²) in [4.78, 5) is 35.6. The molecule has 0 spiro atoms. The Kier molecular flexibility index (Phi) is 12.8. The molecule has 1 aliphatic carbocycles. The van der Waals surface area contributed by atoms with Gasteiger partial charge in [-0.05, 0) is 57.9 Å². The first-order chi connectivity index (χ1) is 14.7. The van der Waals surface area contributed by atoms with Gasteiger partial charge in [-0.25, -0.2) is 0 Å². The second-order valence-electron chi connectivity index (χ2n) is 8.90. The molecule has 0 unspecified atom stereocenters. The number of hydrogen-bond donors (Lipinski definition) is 0. The standard InChI is InChI=1S/C25H40F2O4/c1-4-5-18-25(26,27)23(29)17-15-20-14-16-22(28)21(20)12-10-8-6-7-9-11-13-24(30)31-19(2)3/h19H,4-18H2,1-3H3. The Bertz CT molecular complexity index is 623. The largest absolute Gasteiger partial charge is 0.463 e. The van der Waals surface area contributed by atoms with E-state index in [9.17, 15) is 23.2 Å². The number of halogens is 2. The average molecular weight is 443 g/mol. The van der Waals surface area contributed by atoms with Crippen molar-refractivity contribution in [2.24, 2.45) is 0 Å². The fourth-order valence-electron chi connectivity index (χ4n) is 3.94. The lowest BCUT2D eigenvalue weighted by Gasteiger charge is -2.15. The van der Waals surface area contributed by atoms with Gasteiger partial charge in [-0.2, -0.15) is 8.78 Å². The molecule has 0 heterocycles. The summed E-state index contributed by atoms with van der Waals surface area (Å²) in [5.41, 5.74) is 1.69. The van der Waals surface area contributed by atoms with E-state index in [4.69, 9.17) is 4.74 Å². The van der Waals surface area contributed by atoms with E-state index in [2.05, 4.69) is 0 Å². The lowest BCUT2D eigenvalue weighted by Crippen LogP contribution is -2.28. The van der Waals surface area contributed by atoms with Gasteiger partial charge in [-0.15, -0.1) is 0 Å². The van der Waals surface area contributed by atoms with E-state index in [1.54, 1.807) is 0 Å². The highest BCUT2D eigenvalue weighted by Crippen LogP contribution is 2.32. The molecule has 0 aliphatic heterocycles. The van der Waals surface area contributed by atoms with Crippen LogP contribution in [0.25, 0.3) is 0 Å². The summed E-state index contributed by atoms with van der Waals surface area (Å²) in [6.07, 6.45) is 8.59. The molecular formula is C25H40F2O4. The molecule has 178 valence electrons. The Morgan fingerprint density at radius 3 is 2.23 bits per heavy atom. The summed E-state index contributed by atoms with van der Waals surface area (Å²) in [5, 5.41) is 0. The maximum absolute atomic E-state index is 13.9. The van der Waals surface area contributed by atoms with Crippen LogP contribution in [0.3, 0.4) is 0 Å². The number of allylic oxidation sites excluding steroid dienone is 2. The Labute approximate surface area is 186 Å². The molecule has 0 fully saturated rings. The third kappa shape index (κ3) is 11.0. The topological polar surface area (TPSA) is 60.4 Å². The molecule has 0 amide bonds. The van der Waals surface area contributed by atoms with Gasteiger partial charge < -0.3 is 4.74 Å². The van der Waals surface area contributed by atoms with Crippen LogP contribution in [0.5, 0.6) is 0 Å². The van der Waals surface area contributed by atoms with E-state index in [1.807, 2.05) is 20.8 Å². The van der Waals surface area contributed by atoms with Crippen molar-refractivity contribution < 1.29 is 27.9 Å². The monoisotopic (exact) mass is 442 g/mol. The Morgan fingerprint density at radius 2 is 1.58 bits per heavy atom. The van der Waals surface area contributed by atoms with Crippen LogP contribution in [0.2, 0.25) is 0 Å².